The highest BCUT2D eigenvalue weighted by Gasteiger charge is 2.34. The smallest absolute Gasteiger partial charge is 0.264 e. The second kappa shape index (κ2) is 15.3. The molecule has 0 aromatic heterocycles. The zero-order valence-electron chi connectivity index (χ0n) is 24.2. The van der Waals surface area contributed by atoms with E-state index in [1.165, 1.54) is 17.0 Å². The monoisotopic (exact) mass is 633 g/mol. The number of nitrogens with one attached hydrogen (secondary N) is 1. The molecule has 0 saturated carbocycles. The minimum Gasteiger partial charge on any atom is -0.494 e. The number of ether oxygens (including phenoxy) is 1. The molecule has 0 spiro atoms. The lowest BCUT2D eigenvalue weighted by Gasteiger charge is -2.33. The number of anilines is 1. The fourth-order valence-corrected chi connectivity index (χ4v) is 6.05. The minimum atomic E-state index is -4.18. The van der Waals surface area contributed by atoms with Gasteiger partial charge in [-0.2, -0.15) is 0 Å². The van der Waals surface area contributed by atoms with Crippen LogP contribution >= 0.6 is 23.2 Å². The fourth-order valence-electron chi connectivity index (χ4n) is 4.32. The van der Waals surface area contributed by atoms with E-state index in [1.54, 1.807) is 60.7 Å². The Kier molecular flexibility index (Phi) is 12.1. The second-order valence-electron chi connectivity index (χ2n) is 9.76. The summed E-state index contributed by atoms with van der Waals surface area (Å²) in [5.41, 5.74) is 0.958. The molecule has 0 fully saturated rings. The Bertz CT molecular complexity index is 1450. The van der Waals surface area contributed by atoms with Gasteiger partial charge >= 0.3 is 0 Å². The molecule has 8 nitrogen and oxygen atoms in total. The summed E-state index contributed by atoms with van der Waals surface area (Å²) in [6.07, 6.45) is 1.03. The number of rotatable bonds is 14. The number of hydrogen-bond donors (Lipinski definition) is 1. The van der Waals surface area contributed by atoms with Crippen LogP contribution in [-0.4, -0.2) is 50.4 Å². The van der Waals surface area contributed by atoms with E-state index in [-0.39, 0.29) is 23.4 Å². The molecule has 2 atom stereocenters. The highest BCUT2D eigenvalue weighted by Crippen LogP contribution is 2.27. The highest BCUT2D eigenvalue weighted by atomic mass is 35.5. The van der Waals surface area contributed by atoms with Crippen LogP contribution in [-0.2, 0) is 26.2 Å². The first-order chi connectivity index (χ1) is 20.0. The van der Waals surface area contributed by atoms with E-state index in [2.05, 4.69) is 5.32 Å². The molecule has 11 heteroatoms. The third-order valence-electron chi connectivity index (χ3n) is 6.77. The van der Waals surface area contributed by atoms with Crippen molar-refractivity contribution in [3.05, 3.63) is 88.4 Å². The van der Waals surface area contributed by atoms with Crippen molar-refractivity contribution in [1.82, 2.24) is 10.2 Å². The summed E-state index contributed by atoms with van der Waals surface area (Å²) in [7, 11) is -4.18. The fraction of sp³-hybridized carbons (Fsp3) is 0.355. The van der Waals surface area contributed by atoms with Crippen molar-refractivity contribution in [3.63, 3.8) is 0 Å². The van der Waals surface area contributed by atoms with Crippen molar-refractivity contribution in [2.75, 3.05) is 17.5 Å². The number of para-hydroxylation sites is 1. The first-order valence-electron chi connectivity index (χ1n) is 13.9. The van der Waals surface area contributed by atoms with Gasteiger partial charge in [-0.3, -0.25) is 13.9 Å². The molecule has 42 heavy (non-hydrogen) atoms. The number of hydrogen-bond acceptors (Lipinski definition) is 5. The molecule has 0 aliphatic heterocycles. The molecule has 0 heterocycles. The normalized spacial score (nSPS) is 12.7. The van der Waals surface area contributed by atoms with Crippen molar-refractivity contribution in [3.8, 4) is 5.75 Å². The van der Waals surface area contributed by atoms with Crippen LogP contribution in [0.4, 0.5) is 5.69 Å². The largest absolute Gasteiger partial charge is 0.494 e. The third-order valence-corrected chi connectivity index (χ3v) is 9.30. The Morgan fingerprint density at radius 2 is 1.57 bits per heavy atom. The highest BCUT2D eigenvalue weighted by molar-refractivity contribution is 7.92. The molecule has 3 aromatic carbocycles. The van der Waals surface area contributed by atoms with Gasteiger partial charge in [-0.1, -0.05) is 61.3 Å². The van der Waals surface area contributed by atoms with Crippen molar-refractivity contribution >= 4 is 50.7 Å². The molecule has 1 N–H and O–H groups in total. The van der Waals surface area contributed by atoms with Gasteiger partial charge in [0, 0.05) is 12.6 Å². The SMILES string of the molecule is CCOc1ccc(S(=O)(=O)N(CC(=O)N(Cc2ccc(Cl)c(Cl)c2)C(CC)C(=O)NC(C)CC)c2ccccc2)cc1. The van der Waals surface area contributed by atoms with E-state index in [4.69, 9.17) is 27.9 Å². The van der Waals surface area contributed by atoms with Gasteiger partial charge < -0.3 is 15.0 Å². The van der Waals surface area contributed by atoms with E-state index in [9.17, 15) is 18.0 Å². The summed E-state index contributed by atoms with van der Waals surface area (Å²) < 4.78 is 34.4. The maximum atomic E-state index is 14.1. The number of carbonyl (C=O) groups excluding carboxylic acids is 2. The number of sulfonamides is 1. The minimum absolute atomic E-state index is 0.000180. The van der Waals surface area contributed by atoms with Gasteiger partial charge in [-0.05, 0) is 80.8 Å². The molecular formula is C31H37Cl2N3O5S. The average molecular weight is 635 g/mol. The molecule has 2 unspecified atom stereocenters. The zero-order valence-corrected chi connectivity index (χ0v) is 26.5. The van der Waals surface area contributed by atoms with Crippen LogP contribution in [0.15, 0.2) is 77.7 Å². The number of nitrogens with zero attached hydrogens (tertiary/aromatic N) is 2. The van der Waals surface area contributed by atoms with Crippen LogP contribution in [0, 0.1) is 0 Å². The quantitative estimate of drug-likeness (QED) is 0.224. The number of carbonyl (C=O) groups is 2. The Hall–Kier alpha value is -3.27. The van der Waals surface area contributed by atoms with E-state index in [0.717, 1.165) is 4.31 Å². The predicted molar refractivity (Wildman–Crippen MR) is 168 cm³/mol. The summed E-state index contributed by atoms with van der Waals surface area (Å²) in [6, 6.07) is 18.5. The van der Waals surface area contributed by atoms with Crippen LogP contribution < -0.4 is 14.4 Å². The topological polar surface area (TPSA) is 96.0 Å². The van der Waals surface area contributed by atoms with Gasteiger partial charge in [0.1, 0.15) is 18.3 Å². The van der Waals surface area contributed by atoms with Gasteiger partial charge in [0.05, 0.1) is 27.2 Å². The summed E-state index contributed by atoms with van der Waals surface area (Å²) >= 11 is 12.4. The summed E-state index contributed by atoms with van der Waals surface area (Å²) in [6.45, 7) is 7.41. The van der Waals surface area contributed by atoms with Crippen molar-refractivity contribution < 1.29 is 22.7 Å². The first kappa shape index (κ1) is 33.2. The first-order valence-corrected chi connectivity index (χ1v) is 16.1. The van der Waals surface area contributed by atoms with Crippen molar-refractivity contribution in [2.45, 2.75) is 64.1 Å². The molecule has 0 saturated heterocycles. The third kappa shape index (κ3) is 8.40. The average Bonchev–Trinajstić information content (AvgIpc) is 2.98. The van der Waals surface area contributed by atoms with E-state index in [0.29, 0.717) is 46.5 Å². The van der Waals surface area contributed by atoms with E-state index < -0.39 is 28.5 Å². The summed E-state index contributed by atoms with van der Waals surface area (Å²) in [5.74, 6) is -0.337. The van der Waals surface area contributed by atoms with Crippen LogP contribution in [0.3, 0.4) is 0 Å². The van der Waals surface area contributed by atoms with Gasteiger partial charge in [0.2, 0.25) is 11.8 Å². The summed E-state index contributed by atoms with van der Waals surface area (Å²) in [5, 5.41) is 3.62. The molecule has 3 aromatic rings. The van der Waals surface area contributed by atoms with Crippen LogP contribution in [0.5, 0.6) is 5.75 Å². The molecular weight excluding hydrogens is 597 g/mol. The number of benzene rings is 3. The Morgan fingerprint density at radius 1 is 0.905 bits per heavy atom. The van der Waals surface area contributed by atoms with Crippen LogP contribution in [0.2, 0.25) is 10.0 Å². The molecule has 0 aliphatic rings. The zero-order chi connectivity index (χ0) is 30.9. The number of halogens is 2. The molecule has 0 radical (unpaired) electrons. The van der Waals surface area contributed by atoms with Crippen molar-refractivity contribution in [2.24, 2.45) is 0 Å². The van der Waals surface area contributed by atoms with E-state index in [1.807, 2.05) is 27.7 Å². The molecule has 2 amide bonds. The predicted octanol–water partition coefficient (Wildman–Crippen LogP) is 6.31. The van der Waals surface area contributed by atoms with Gasteiger partial charge in [0.25, 0.3) is 10.0 Å². The summed E-state index contributed by atoms with van der Waals surface area (Å²) in [4.78, 5) is 28.9. The molecule has 0 bridgehead atoms. The van der Waals surface area contributed by atoms with Crippen LogP contribution in [0.1, 0.15) is 46.1 Å². The van der Waals surface area contributed by atoms with Crippen LogP contribution in [0.25, 0.3) is 0 Å². The van der Waals surface area contributed by atoms with Crippen molar-refractivity contribution in [1.29, 1.82) is 0 Å². The Balaban J connectivity index is 2.04. The molecule has 226 valence electrons. The van der Waals surface area contributed by atoms with Gasteiger partial charge in [-0.25, -0.2) is 8.42 Å². The van der Waals surface area contributed by atoms with Gasteiger partial charge in [-0.15, -0.1) is 0 Å². The lowest BCUT2D eigenvalue weighted by Crippen LogP contribution is -2.53. The van der Waals surface area contributed by atoms with E-state index >= 15 is 0 Å². The molecule has 0 aliphatic carbocycles. The Labute approximate surface area is 258 Å². The molecule has 3 rings (SSSR count). The maximum absolute atomic E-state index is 14.1. The second-order valence-corrected chi connectivity index (χ2v) is 12.4. The lowest BCUT2D eigenvalue weighted by molar-refractivity contribution is -0.140. The van der Waals surface area contributed by atoms with Gasteiger partial charge in [0.15, 0.2) is 0 Å². The lowest BCUT2D eigenvalue weighted by atomic mass is 10.1. The standard InChI is InChI=1S/C31H37Cl2N3O5S/c1-5-22(4)34-31(38)29(6-2)35(20-23-13-18-27(32)28(33)19-23)30(37)21-36(24-11-9-8-10-12-24)42(39,40)26-16-14-25(15-17-26)41-7-3/h8-19,22,29H,5-7,20-21H2,1-4H3,(H,34,38). The Morgan fingerprint density at radius 3 is 2.14 bits per heavy atom. The number of amides is 2. The maximum Gasteiger partial charge on any atom is 0.264 e.